The second kappa shape index (κ2) is 7.51. The maximum absolute atomic E-state index is 5.79. The summed E-state index contributed by atoms with van der Waals surface area (Å²) in [6.07, 6.45) is 0. The fourth-order valence-electron chi connectivity index (χ4n) is 2.25. The van der Waals surface area contributed by atoms with E-state index < -0.39 is 0 Å². The molecule has 1 aromatic rings. The topological polar surface area (TPSA) is 47.3 Å². The molecule has 3 nitrogen and oxygen atoms in total. The molecule has 0 aromatic heterocycles. The molecule has 0 heterocycles. The van der Waals surface area contributed by atoms with Gasteiger partial charge in [0.2, 0.25) is 0 Å². The number of methoxy groups -OCH3 is 1. The predicted octanol–water partition coefficient (Wildman–Crippen LogP) is 2.63. The lowest BCUT2D eigenvalue weighted by molar-refractivity contribution is 0.370. The minimum atomic E-state index is 0.541. The number of nitrogens with two attached hydrogens (primary N) is 1. The number of ether oxygens (including phenoxy) is 1. The lowest BCUT2D eigenvalue weighted by Crippen LogP contribution is -2.31. The van der Waals surface area contributed by atoms with E-state index in [1.807, 2.05) is 6.07 Å². The van der Waals surface area contributed by atoms with Gasteiger partial charge in [0.05, 0.1) is 7.11 Å². The standard InChI is InChI=1S/C16H28N2O/c1-11(2)15(8-17)10-18-9-14-6-7-16(19-5)13(4)12(14)3/h6-7,11,15,18H,8-10,17H2,1-5H3. The van der Waals surface area contributed by atoms with Crippen LogP contribution in [0.4, 0.5) is 0 Å². The van der Waals surface area contributed by atoms with Crippen molar-refractivity contribution in [1.29, 1.82) is 0 Å². The average molecular weight is 264 g/mol. The minimum Gasteiger partial charge on any atom is -0.496 e. The SMILES string of the molecule is COc1ccc(CNCC(CN)C(C)C)c(C)c1C. The molecule has 3 N–H and O–H groups in total. The molecule has 0 bridgehead atoms. The van der Waals surface area contributed by atoms with Crippen LogP contribution in [0.3, 0.4) is 0 Å². The van der Waals surface area contributed by atoms with Crippen molar-refractivity contribution in [3.05, 3.63) is 28.8 Å². The normalized spacial score (nSPS) is 12.8. The maximum atomic E-state index is 5.79. The zero-order valence-corrected chi connectivity index (χ0v) is 12.9. The molecular weight excluding hydrogens is 236 g/mol. The Morgan fingerprint density at radius 3 is 2.42 bits per heavy atom. The smallest absolute Gasteiger partial charge is 0.122 e. The molecule has 3 heteroatoms. The summed E-state index contributed by atoms with van der Waals surface area (Å²) in [5.74, 6) is 2.12. The number of hydrogen-bond acceptors (Lipinski definition) is 3. The molecule has 1 rings (SSSR count). The lowest BCUT2D eigenvalue weighted by atomic mass is 9.96. The highest BCUT2D eigenvalue weighted by atomic mass is 16.5. The van der Waals surface area contributed by atoms with Gasteiger partial charge >= 0.3 is 0 Å². The summed E-state index contributed by atoms with van der Waals surface area (Å²) in [6.45, 7) is 11.3. The van der Waals surface area contributed by atoms with Crippen molar-refractivity contribution >= 4 is 0 Å². The van der Waals surface area contributed by atoms with E-state index in [-0.39, 0.29) is 0 Å². The first-order chi connectivity index (χ1) is 9.01. The fraction of sp³-hybridized carbons (Fsp3) is 0.625. The molecule has 108 valence electrons. The van der Waals surface area contributed by atoms with Gasteiger partial charge in [-0.05, 0) is 61.5 Å². The Kier molecular flexibility index (Phi) is 6.32. The maximum Gasteiger partial charge on any atom is 0.122 e. The zero-order chi connectivity index (χ0) is 14.4. The van der Waals surface area contributed by atoms with E-state index in [2.05, 4.69) is 39.1 Å². The third kappa shape index (κ3) is 4.22. The predicted molar refractivity (Wildman–Crippen MR) is 81.6 cm³/mol. The molecule has 0 radical (unpaired) electrons. The van der Waals surface area contributed by atoms with Gasteiger partial charge in [-0.3, -0.25) is 0 Å². The van der Waals surface area contributed by atoms with Crippen molar-refractivity contribution in [1.82, 2.24) is 5.32 Å². The molecular formula is C16H28N2O. The number of hydrogen-bond donors (Lipinski definition) is 2. The Hall–Kier alpha value is -1.06. The van der Waals surface area contributed by atoms with Crippen molar-refractivity contribution in [3.8, 4) is 5.75 Å². The monoisotopic (exact) mass is 264 g/mol. The van der Waals surface area contributed by atoms with Crippen LogP contribution in [-0.4, -0.2) is 20.2 Å². The van der Waals surface area contributed by atoms with Crippen LogP contribution >= 0.6 is 0 Å². The molecule has 19 heavy (non-hydrogen) atoms. The molecule has 0 fully saturated rings. The van der Waals surface area contributed by atoms with Gasteiger partial charge in [-0.25, -0.2) is 0 Å². The molecule has 0 saturated heterocycles. The van der Waals surface area contributed by atoms with Gasteiger partial charge in [0.1, 0.15) is 5.75 Å². The Morgan fingerprint density at radius 2 is 1.89 bits per heavy atom. The number of nitrogens with one attached hydrogen (secondary N) is 1. The van der Waals surface area contributed by atoms with E-state index in [1.165, 1.54) is 16.7 Å². The van der Waals surface area contributed by atoms with Crippen molar-refractivity contribution in [2.24, 2.45) is 17.6 Å². The largest absolute Gasteiger partial charge is 0.496 e. The van der Waals surface area contributed by atoms with Crippen LogP contribution in [0.5, 0.6) is 5.75 Å². The third-order valence-electron chi connectivity index (χ3n) is 4.04. The van der Waals surface area contributed by atoms with Crippen LogP contribution in [-0.2, 0) is 6.54 Å². The summed E-state index contributed by atoms with van der Waals surface area (Å²) in [5, 5.41) is 3.52. The van der Waals surface area contributed by atoms with Crippen LogP contribution in [0.1, 0.15) is 30.5 Å². The average Bonchev–Trinajstić information content (AvgIpc) is 2.39. The number of rotatable bonds is 7. The van der Waals surface area contributed by atoms with E-state index in [0.717, 1.165) is 25.4 Å². The van der Waals surface area contributed by atoms with E-state index >= 15 is 0 Å². The summed E-state index contributed by atoms with van der Waals surface area (Å²) in [4.78, 5) is 0. The summed E-state index contributed by atoms with van der Waals surface area (Å²) in [6, 6.07) is 4.18. The van der Waals surface area contributed by atoms with Crippen LogP contribution in [0, 0.1) is 25.7 Å². The molecule has 1 aromatic carbocycles. The van der Waals surface area contributed by atoms with Gasteiger partial charge < -0.3 is 15.8 Å². The molecule has 0 aliphatic heterocycles. The second-order valence-electron chi connectivity index (χ2n) is 5.55. The molecule has 0 aliphatic carbocycles. The molecule has 0 saturated carbocycles. The number of benzene rings is 1. The third-order valence-corrected chi connectivity index (χ3v) is 4.04. The van der Waals surface area contributed by atoms with E-state index in [4.69, 9.17) is 10.5 Å². The lowest BCUT2D eigenvalue weighted by Gasteiger charge is -2.20. The van der Waals surface area contributed by atoms with Crippen molar-refractivity contribution in [3.63, 3.8) is 0 Å². The van der Waals surface area contributed by atoms with Crippen molar-refractivity contribution < 1.29 is 4.74 Å². The molecule has 0 aliphatic rings. The van der Waals surface area contributed by atoms with Gasteiger partial charge in [-0.2, -0.15) is 0 Å². The van der Waals surface area contributed by atoms with E-state index in [1.54, 1.807) is 7.11 Å². The first-order valence-electron chi connectivity index (χ1n) is 7.05. The van der Waals surface area contributed by atoms with Crippen LogP contribution < -0.4 is 15.8 Å². The Balaban J connectivity index is 2.61. The van der Waals surface area contributed by atoms with Crippen molar-refractivity contribution in [2.75, 3.05) is 20.2 Å². The molecule has 1 atom stereocenters. The summed E-state index contributed by atoms with van der Waals surface area (Å²) in [7, 11) is 1.72. The summed E-state index contributed by atoms with van der Waals surface area (Å²) < 4.78 is 5.34. The van der Waals surface area contributed by atoms with Gasteiger partial charge in [-0.15, -0.1) is 0 Å². The highest BCUT2D eigenvalue weighted by Crippen LogP contribution is 2.23. The molecule has 1 unspecified atom stereocenters. The Morgan fingerprint density at radius 1 is 1.21 bits per heavy atom. The van der Waals surface area contributed by atoms with Crippen LogP contribution in [0.15, 0.2) is 12.1 Å². The fourth-order valence-corrected chi connectivity index (χ4v) is 2.25. The van der Waals surface area contributed by atoms with Crippen LogP contribution in [0.25, 0.3) is 0 Å². The van der Waals surface area contributed by atoms with E-state index in [0.29, 0.717) is 11.8 Å². The first-order valence-corrected chi connectivity index (χ1v) is 7.05. The summed E-state index contributed by atoms with van der Waals surface area (Å²) in [5.41, 5.74) is 9.65. The Bertz CT molecular complexity index is 402. The molecule has 0 amide bonds. The van der Waals surface area contributed by atoms with Gasteiger partial charge in [0.25, 0.3) is 0 Å². The van der Waals surface area contributed by atoms with Gasteiger partial charge in [0.15, 0.2) is 0 Å². The Labute approximate surface area is 117 Å². The van der Waals surface area contributed by atoms with Crippen molar-refractivity contribution in [2.45, 2.75) is 34.2 Å². The highest BCUT2D eigenvalue weighted by molar-refractivity contribution is 5.43. The second-order valence-corrected chi connectivity index (χ2v) is 5.55. The quantitative estimate of drug-likeness (QED) is 0.796. The molecule has 0 spiro atoms. The van der Waals surface area contributed by atoms with Crippen LogP contribution in [0.2, 0.25) is 0 Å². The first kappa shape index (κ1) is 16.0. The minimum absolute atomic E-state index is 0.541. The highest BCUT2D eigenvalue weighted by Gasteiger charge is 2.11. The zero-order valence-electron chi connectivity index (χ0n) is 12.9. The summed E-state index contributed by atoms with van der Waals surface area (Å²) >= 11 is 0. The van der Waals surface area contributed by atoms with E-state index in [9.17, 15) is 0 Å². The van der Waals surface area contributed by atoms with Gasteiger partial charge in [-0.1, -0.05) is 19.9 Å². The van der Waals surface area contributed by atoms with Gasteiger partial charge in [0, 0.05) is 6.54 Å².